The van der Waals surface area contributed by atoms with Crippen LogP contribution >= 0.6 is 0 Å². The molecule has 1 aromatic heterocycles. The highest BCUT2D eigenvalue weighted by Gasteiger charge is 2.31. The first-order valence-corrected chi connectivity index (χ1v) is 8.17. The van der Waals surface area contributed by atoms with Gasteiger partial charge in [0.15, 0.2) is 0 Å². The van der Waals surface area contributed by atoms with E-state index in [2.05, 4.69) is 49.1 Å². The molecule has 1 atom stereocenters. The molecule has 1 fully saturated rings. The van der Waals surface area contributed by atoms with Crippen molar-refractivity contribution < 1.29 is 4.74 Å². The molecule has 1 heterocycles. The Labute approximate surface area is 123 Å². The molecule has 0 bridgehead atoms. The van der Waals surface area contributed by atoms with Gasteiger partial charge in [-0.1, -0.05) is 20.8 Å². The second-order valence-electron chi connectivity index (χ2n) is 6.35. The lowest BCUT2D eigenvalue weighted by Gasteiger charge is -2.15. The third-order valence-electron chi connectivity index (χ3n) is 3.98. The SMILES string of the molecule is CCNC(c1ccn(CCOCCC(C)C)c1)C1CC1. The fourth-order valence-electron chi connectivity index (χ4n) is 2.58. The van der Waals surface area contributed by atoms with Gasteiger partial charge < -0.3 is 14.6 Å². The van der Waals surface area contributed by atoms with Crippen LogP contribution in [0.2, 0.25) is 0 Å². The number of nitrogens with one attached hydrogen (secondary N) is 1. The monoisotopic (exact) mass is 278 g/mol. The highest BCUT2D eigenvalue weighted by atomic mass is 16.5. The second kappa shape index (κ2) is 7.84. The van der Waals surface area contributed by atoms with E-state index in [4.69, 9.17) is 4.74 Å². The molecule has 0 amide bonds. The minimum absolute atomic E-state index is 0.558. The van der Waals surface area contributed by atoms with Crippen LogP contribution in [-0.4, -0.2) is 24.3 Å². The van der Waals surface area contributed by atoms with Crippen molar-refractivity contribution in [3.8, 4) is 0 Å². The van der Waals surface area contributed by atoms with E-state index >= 15 is 0 Å². The molecule has 1 aliphatic rings. The van der Waals surface area contributed by atoms with Crippen LogP contribution in [0, 0.1) is 11.8 Å². The number of hydrogen-bond donors (Lipinski definition) is 1. The van der Waals surface area contributed by atoms with Crippen LogP contribution < -0.4 is 5.32 Å². The summed E-state index contributed by atoms with van der Waals surface area (Å²) in [4.78, 5) is 0. The minimum atomic E-state index is 0.558. The Balaban J connectivity index is 1.73. The first-order chi connectivity index (χ1) is 9.70. The Kier molecular flexibility index (Phi) is 6.11. The van der Waals surface area contributed by atoms with E-state index in [0.29, 0.717) is 6.04 Å². The topological polar surface area (TPSA) is 26.2 Å². The molecule has 0 aromatic carbocycles. The lowest BCUT2D eigenvalue weighted by Crippen LogP contribution is -2.22. The summed E-state index contributed by atoms with van der Waals surface area (Å²) in [6.45, 7) is 10.4. The molecular weight excluding hydrogens is 248 g/mol. The summed E-state index contributed by atoms with van der Waals surface area (Å²) in [5.74, 6) is 1.58. The van der Waals surface area contributed by atoms with Crippen molar-refractivity contribution in [2.24, 2.45) is 11.8 Å². The zero-order valence-electron chi connectivity index (χ0n) is 13.3. The second-order valence-corrected chi connectivity index (χ2v) is 6.35. The summed E-state index contributed by atoms with van der Waals surface area (Å²) < 4.78 is 7.95. The van der Waals surface area contributed by atoms with E-state index in [1.54, 1.807) is 0 Å². The van der Waals surface area contributed by atoms with Crippen molar-refractivity contribution in [3.05, 3.63) is 24.0 Å². The van der Waals surface area contributed by atoms with Crippen LogP contribution in [-0.2, 0) is 11.3 Å². The summed E-state index contributed by atoms with van der Waals surface area (Å²) in [6.07, 6.45) is 8.38. The number of hydrogen-bond acceptors (Lipinski definition) is 2. The smallest absolute Gasteiger partial charge is 0.0645 e. The number of nitrogens with zero attached hydrogens (tertiary/aromatic N) is 1. The standard InChI is InChI=1S/C17H30N2O/c1-4-18-17(15-5-6-15)16-7-9-19(13-16)10-12-20-11-8-14(2)3/h7,9,13-15,17-18H,4-6,8,10-12H2,1-3H3. The number of ether oxygens (including phenoxy) is 1. The van der Waals surface area contributed by atoms with Crippen molar-refractivity contribution in [3.63, 3.8) is 0 Å². The van der Waals surface area contributed by atoms with Crippen molar-refractivity contribution >= 4 is 0 Å². The van der Waals surface area contributed by atoms with E-state index in [0.717, 1.165) is 44.6 Å². The molecule has 114 valence electrons. The molecule has 1 unspecified atom stereocenters. The molecule has 1 N–H and O–H groups in total. The van der Waals surface area contributed by atoms with Gasteiger partial charge in [0, 0.05) is 31.6 Å². The Morgan fingerprint density at radius 1 is 1.35 bits per heavy atom. The summed E-state index contributed by atoms with van der Waals surface area (Å²) >= 11 is 0. The van der Waals surface area contributed by atoms with Crippen LogP contribution in [0.3, 0.4) is 0 Å². The molecule has 2 rings (SSSR count). The maximum Gasteiger partial charge on any atom is 0.0645 e. The van der Waals surface area contributed by atoms with E-state index in [9.17, 15) is 0 Å². The molecule has 1 aromatic rings. The Hall–Kier alpha value is -0.800. The Bertz CT molecular complexity index is 382. The van der Waals surface area contributed by atoms with Gasteiger partial charge in [0.05, 0.1) is 6.61 Å². The molecule has 0 saturated heterocycles. The quantitative estimate of drug-likeness (QED) is 0.662. The molecule has 3 nitrogen and oxygen atoms in total. The molecule has 1 aliphatic carbocycles. The van der Waals surface area contributed by atoms with Crippen molar-refractivity contribution in [2.75, 3.05) is 19.8 Å². The Morgan fingerprint density at radius 2 is 2.15 bits per heavy atom. The molecule has 1 saturated carbocycles. The van der Waals surface area contributed by atoms with Gasteiger partial charge in [0.25, 0.3) is 0 Å². The molecular formula is C17H30N2O. The molecule has 0 aliphatic heterocycles. The van der Waals surface area contributed by atoms with E-state index < -0.39 is 0 Å². The van der Waals surface area contributed by atoms with Crippen LogP contribution in [0.4, 0.5) is 0 Å². The fraction of sp³-hybridized carbons (Fsp3) is 0.765. The predicted octanol–water partition coefficient (Wildman–Crippen LogP) is 3.61. The van der Waals surface area contributed by atoms with Crippen LogP contribution in [0.1, 0.15) is 51.6 Å². The van der Waals surface area contributed by atoms with Crippen molar-refractivity contribution in [1.82, 2.24) is 9.88 Å². The van der Waals surface area contributed by atoms with E-state index in [1.807, 2.05) is 0 Å². The minimum Gasteiger partial charge on any atom is -0.380 e. The summed E-state index contributed by atoms with van der Waals surface area (Å²) in [7, 11) is 0. The molecule has 0 radical (unpaired) electrons. The summed E-state index contributed by atoms with van der Waals surface area (Å²) in [5.41, 5.74) is 1.44. The predicted molar refractivity (Wildman–Crippen MR) is 83.8 cm³/mol. The van der Waals surface area contributed by atoms with Crippen LogP contribution in [0.5, 0.6) is 0 Å². The van der Waals surface area contributed by atoms with Gasteiger partial charge in [0.1, 0.15) is 0 Å². The van der Waals surface area contributed by atoms with Gasteiger partial charge in [-0.05, 0) is 49.3 Å². The van der Waals surface area contributed by atoms with Crippen LogP contribution in [0.25, 0.3) is 0 Å². The molecule has 0 spiro atoms. The average Bonchev–Trinajstić information content (AvgIpc) is 3.14. The van der Waals surface area contributed by atoms with Gasteiger partial charge in [-0.3, -0.25) is 0 Å². The largest absolute Gasteiger partial charge is 0.380 e. The van der Waals surface area contributed by atoms with Crippen molar-refractivity contribution in [1.29, 1.82) is 0 Å². The third-order valence-corrected chi connectivity index (χ3v) is 3.98. The van der Waals surface area contributed by atoms with Gasteiger partial charge in [-0.25, -0.2) is 0 Å². The summed E-state index contributed by atoms with van der Waals surface area (Å²) in [5, 5.41) is 3.62. The normalized spacial score (nSPS) is 16.8. The van der Waals surface area contributed by atoms with Crippen LogP contribution in [0.15, 0.2) is 18.5 Å². The first-order valence-electron chi connectivity index (χ1n) is 8.17. The van der Waals surface area contributed by atoms with E-state index in [-0.39, 0.29) is 0 Å². The lowest BCUT2D eigenvalue weighted by molar-refractivity contribution is 0.116. The zero-order chi connectivity index (χ0) is 14.4. The average molecular weight is 278 g/mol. The fourth-order valence-corrected chi connectivity index (χ4v) is 2.58. The van der Waals surface area contributed by atoms with Gasteiger partial charge >= 0.3 is 0 Å². The number of rotatable bonds is 10. The van der Waals surface area contributed by atoms with Crippen molar-refractivity contribution in [2.45, 2.75) is 52.6 Å². The molecule has 3 heteroatoms. The zero-order valence-corrected chi connectivity index (χ0v) is 13.3. The first kappa shape index (κ1) is 15.6. The van der Waals surface area contributed by atoms with Gasteiger partial charge in [0.2, 0.25) is 0 Å². The van der Waals surface area contributed by atoms with Gasteiger partial charge in [-0.2, -0.15) is 0 Å². The third kappa shape index (κ3) is 4.95. The molecule has 20 heavy (non-hydrogen) atoms. The highest BCUT2D eigenvalue weighted by molar-refractivity contribution is 5.18. The number of aromatic nitrogens is 1. The summed E-state index contributed by atoms with van der Waals surface area (Å²) in [6, 6.07) is 2.82. The Morgan fingerprint density at radius 3 is 2.80 bits per heavy atom. The maximum absolute atomic E-state index is 5.69. The van der Waals surface area contributed by atoms with E-state index in [1.165, 1.54) is 18.4 Å². The lowest BCUT2D eigenvalue weighted by atomic mass is 10.1. The highest BCUT2D eigenvalue weighted by Crippen LogP contribution is 2.40. The maximum atomic E-state index is 5.69. The van der Waals surface area contributed by atoms with Gasteiger partial charge in [-0.15, -0.1) is 0 Å².